The van der Waals surface area contributed by atoms with Crippen LogP contribution in [-0.2, 0) is 0 Å². The summed E-state index contributed by atoms with van der Waals surface area (Å²) < 4.78 is 0. The maximum absolute atomic E-state index is 9.74. The molecule has 1 aromatic heterocycles. The van der Waals surface area contributed by atoms with Crippen LogP contribution >= 0.6 is 12.6 Å². The fourth-order valence-corrected chi connectivity index (χ4v) is 1.36. The van der Waals surface area contributed by atoms with E-state index < -0.39 is 12.4 Å². The summed E-state index contributed by atoms with van der Waals surface area (Å²) in [6.45, 7) is 1.87. The average molecular weight is 217 g/mol. The van der Waals surface area contributed by atoms with Crippen LogP contribution in [0.1, 0.15) is 30.7 Å². The topological polar surface area (TPSA) is 76.5 Å². The predicted molar refractivity (Wildman–Crippen MR) is 55.9 cm³/mol. The number of nitrogens with one attached hydrogen (secondary N) is 1. The minimum absolute atomic E-state index is 0.0145. The smallest absolute Gasteiger partial charge is 0.193 e. The molecule has 0 aliphatic heterocycles. The lowest BCUT2D eigenvalue weighted by Crippen LogP contribution is -2.11. The van der Waals surface area contributed by atoms with E-state index in [1.54, 1.807) is 6.07 Å². The Morgan fingerprint density at radius 2 is 1.86 bits per heavy atom. The predicted octanol–water partition coefficient (Wildman–Crippen LogP) is 0.597. The number of thiol groups is 1. The highest BCUT2D eigenvalue weighted by molar-refractivity contribution is 7.80. The number of hydrogen-bond donors (Lipinski definition) is 5. The number of H-pyrrole nitrogens is 1. The third-order valence-electron chi connectivity index (χ3n) is 2.15. The Morgan fingerprint density at radius 1 is 1.29 bits per heavy atom. The van der Waals surface area contributed by atoms with Gasteiger partial charge < -0.3 is 20.3 Å². The molecule has 80 valence electrons. The standard InChI is InChI=1S/C9H15NO3S/c1-5(4-14)8(11)6-2-3-7(10-6)9(12)13/h2-3,5,8-14H,4H2,1H3. The molecule has 1 rings (SSSR count). The second kappa shape index (κ2) is 4.84. The third kappa shape index (κ3) is 2.51. The van der Waals surface area contributed by atoms with E-state index in [9.17, 15) is 5.11 Å². The highest BCUT2D eigenvalue weighted by atomic mass is 32.1. The summed E-state index contributed by atoms with van der Waals surface area (Å²) >= 11 is 4.08. The van der Waals surface area contributed by atoms with Crippen LogP contribution in [0.2, 0.25) is 0 Å². The van der Waals surface area contributed by atoms with Gasteiger partial charge in [-0.3, -0.25) is 0 Å². The largest absolute Gasteiger partial charge is 0.387 e. The van der Waals surface area contributed by atoms with Crippen LogP contribution in [0.25, 0.3) is 0 Å². The summed E-state index contributed by atoms with van der Waals surface area (Å²) in [5.74, 6) is 0.581. The zero-order valence-corrected chi connectivity index (χ0v) is 8.78. The van der Waals surface area contributed by atoms with Crippen LogP contribution in [0.15, 0.2) is 12.1 Å². The lowest BCUT2D eigenvalue weighted by molar-refractivity contribution is -0.0457. The zero-order chi connectivity index (χ0) is 10.7. The van der Waals surface area contributed by atoms with Crippen molar-refractivity contribution in [3.8, 4) is 0 Å². The summed E-state index contributed by atoms with van der Waals surface area (Å²) in [5.41, 5.74) is 0.861. The first kappa shape index (κ1) is 11.6. The first-order valence-corrected chi connectivity index (χ1v) is 5.03. The fraction of sp³-hybridized carbons (Fsp3) is 0.556. The van der Waals surface area contributed by atoms with Crippen molar-refractivity contribution in [3.05, 3.63) is 23.5 Å². The molecule has 0 aliphatic rings. The molecule has 0 saturated carbocycles. The molecule has 1 aromatic rings. The van der Waals surface area contributed by atoms with Crippen molar-refractivity contribution >= 4 is 12.6 Å². The summed E-state index contributed by atoms with van der Waals surface area (Å²) in [4.78, 5) is 2.74. The normalized spacial score (nSPS) is 15.9. The van der Waals surface area contributed by atoms with E-state index >= 15 is 0 Å². The molecule has 2 unspecified atom stereocenters. The number of aromatic amines is 1. The molecule has 0 aromatic carbocycles. The van der Waals surface area contributed by atoms with Gasteiger partial charge in [-0.05, 0) is 23.8 Å². The molecule has 0 bridgehead atoms. The van der Waals surface area contributed by atoms with E-state index in [-0.39, 0.29) is 11.6 Å². The molecule has 0 radical (unpaired) electrons. The van der Waals surface area contributed by atoms with Gasteiger partial charge in [0.25, 0.3) is 0 Å². The zero-order valence-electron chi connectivity index (χ0n) is 7.88. The van der Waals surface area contributed by atoms with Crippen molar-refractivity contribution in [3.63, 3.8) is 0 Å². The Labute approximate surface area is 88.0 Å². The van der Waals surface area contributed by atoms with Gasteiger partial charge in [-0.25, -0.2) is 0 Å². The highest BCUT2D eigenvalue weighted by Crippen LogP contribution is 2.23. The van der Waals surface area contributed by atoms with E-state index in [4.69, 9.17) is 10.2 Å². The molecule has 2 atom stereocenters. The van der Waals surface area contributed by atoms with Crippen molar-refractivity contribution in [2.45, 2.75) is 19.3 Å². The molecular formula is C9H15NO3S. The Hall–Kier alpha value is -0.490. The van der Waals surface area contributed by atoms with E-state index in [1.807, 2.05) is 6.92 Å². The fourth-order valence-electron chi connectivity index (χ4n) is 1.16. The van der Waals surface area contributed by atoms with Gasteiger partial charge >= 0.3 is 0 Å². The van der Waals surface area contributed by atoms with Crippen LogP contribution in [0.3, 0.4) is 0 Å². The third-order valence-corrected chi connectivity index (χ3v) is 2.73. The van der Waals surface area contributed by atoms with Crippen molar-refractivity contribution in [2.24, 2.45) is 5.92 Å². The number of hydrogen-bond acceptors (Lipinski definition) is 4. The second-order valence-electron chi connectivity index (χ2n) is 3.35. The van der Waals surface area contributed by atoms with Crippen LogP contribution < -0.4 is 0 Å². The van der Waals surface area contributed by atoms with Crippen molar-refractivity contribution in [1.29, 1.82) is 0 Å². The second-order valence-corrected chi connectivity index (χ2v) is 3.71. The molecule has 14 heavy (non-hydrogen) atoms. The quantitative estimate of drug-likeness (QED) is 0.378. The molecule has 0 fully saturated rings. The summed E-state index contributed by atoms with van der Waals surface area (Å²) in [6.07, 6.45) is -2.18. The van der Waals surface area contributed by atoms with Gasteiger partial charge in [0.1, 0.15) is 0 Å². The van der Waals surface area contributed by atoms with Crippen molar-refractivity contribution in [1.82, 2.24) is 4.98 Å². The van der Waals surface area contributed by atoms with Crippen LogP contribution in [0.4, 0.5) is 0 Å². The molecule has 1 heterocycles. The molecule has 4 N–H and O–H groups in total. The number of aliphatic hydroxyl groups is 3. The first-order chi connectivity index (χ1) is 6.56. The summed E-state index contributed by atoms with van der Waals surface area (Å²) in [7, 11) is 0. The van der Waals surface area contributed by atoms with E-state index in [0.29, 0.717) is 11.4 Å². The van der Waals surface area contributed by atoms with Gasteiger partial charge in [0.2, 0.25) is 0 Å². The number of rotatable bonds is 4. The summed E-state index contributed by atoms with van der Waals surface area (Å²) in [6, 6.07) is 3.17. The number of aliphatic hydroxyl groups excluding tert-OH is 2. The van der Waals surface area contributed by atoms with Gasteiger partial charge in [0.15, 0.2) is 6.29 Å². The van der Waals surface area contributed by atoms with Crippen molar-refractivity contribution < 1.29 is 15.3 Å². The van der Waals surface area contributed by atoms with Gasteiger partial charge in [-0.2, -0.15) is 12.6 Å². The Balaban J connectivity index is 2.76. The van der Waals surface area contributed by atoms with Gasteiger partial charge in [-0.15, -0.1) is 0 Å². The van der Waals surface area contributed by atoms with Gasteiger partial charge in [0.05, 0.1) is 11.8 Å². The van der Waals surface area contributed by atoms with E-state index in [0.717, 1.165) is 0 Å². The van der Waals surface area contributed by atoms with E-state index in [1.165, 1.54) is 6.07 Å². The Kier molecular flexibility index (Phi) is 4.00. The Morgan fingerprint density at radius 3 is 2.29 bits per heavy atom. The number of aromatic nitrogens is 1. The van der Waals surface area contributed by atoms with Gasteiger partial charge in [-0.1, -0.05) is 6.92 Å². The van der Waals surface area contributed by atoms with Crippen LogP contribution in [-0.4, -0.2) is 26.1 Å². The molecular weight excluding hydrogens is 202 g/mol. The molecule has 5 heteroatoms. The first-order valence-electron chi connectivity index (χ1n) is 4.40. The highest BCUT2D eigenvalue weighted by Gasteiger charge is 2.17. The SMILES string of the molecule is CC(CS)C(O)c1ccc(C(O)O)[nH]1. The Bertz CT molecular complexity index is 287. The molecule has 0 spiro atoms. The lowest BCUT2D eigenvalue weighted by Gasteiger charge is -2.15. The minimum Gasteiger partial charge on any atom is -0.387 e. The maximum atomic E-state index is 9.74. The van der Waals surface area contributed by atoms with E-state index in [2.05, 4.69) is 17.6 Å². The average Bonchev–Trinajstić information content (AvgIpc) is 2.64. The van der Waals surface area contributed by atoms with Crippen LogP contribution in [0.5, 0.6) is 0 Å². The minimum atomic E-state index is -1.53. The van der Waals surface area contributed by atoms with Gasteiger partial charge in [0, 0.05) is 5.69 Å². The maximum Gasteiger partial charge on any atom is 0.193 e. The summed E-state index contributed by atoms with van der Waals surface area (Å²) in [5, 5.41) is 27.4. The molecule has 0 amide bonds. The monoisotopic (exact) mass is 217 g/mol. The van der Waals surface area contributed by atoms with Crippen molar-refractivity contribution in [2.75, 3.05) is 5.75 Å². The molecule has 0 aliphatic carbocycles. The molecule has 0 saturated heterocycles. The van der Waals surface area contributed by atoms with Crippen LogP contribution in [0, 0.1) is 5.92 Å². The lowest BCUT2D eigenvalue weighted by atomic mass is 10.0. The molecule has 4 nitrogen and oxygen atoms in total.